The van der Waals surface area contributed by atoms with E-state index in [1.807, 2.05) is 77.3 Å². The van der Waals surface area contributed by atoms with Crippen molar-refractivity contribution in [1.29, 1.82) is 0 Å². The van der Waals surface area contributed by atoms with Crippen LogP contribution in [0.1, 0.15) is 16.1 Å². The largest absolute Gasteiger partial charge is 0.378 e. The van der Waals surface area contributed by atoms with Crippen LogP contribution in [0.3, 0.4) is 0 Å². The molecule has 3 aromatic carbocycles. The summed E-state index contributed by atoms with van der Waals surface area (Å²) in [5.41, 5.74) is 6.53. The van der Waals surface area contributed by atoms with E-state index in [1.165, 1.54) is 0 Å². The lowest BCUT2D eigenvalue weighted by molar-refractivity contribution is 0.0303. The molecular formula is C28H23ClN4O2. The fourth-order valence-electron chi connectivity index (χ4n) is 4.63. The number of hydrogen-bond donors (Lipinski definition) is 0. The Morgan fingerprint density at radius 3 is 2.37 bits per heavy atom. The van der Waals surface area contributed by atoms with E-state index in [-0.39, 0.29) is 5.91 Å². The first-order valence-corrected chi connectivity index (χ1v) is 12.0. The summed E-state index contributed by atoms with van der Waals surface area (Å²) < 4.78 is 7.31. The maximum Gasteiger partial charge on any atom is 0.254 e. The molecule has 0 atom stereocenters. The molecule has 1 saturated heterocycles. The molecule has 174 valence electrons. The van der Waals surface area contributed by atoms with Gasteiger partial charge >= 0.3 is 0 Å². The second-order valence-electron chi connectivity index (χ2n) is 8.71. The van der Waals surface area contributed by atoms with Gasteiger partial charge in [-0.05, 0) is 66.6 Å². The van der Waals surface area contributed by atoms with Crippen LogP contribution in [0.2, 0.25) is 5.02 Å². The number of ether oxygens (including phenoxy) is 1. The lowest BCUT2D eigenvalue weighted by Gasteiger charge is -2.26. The molecule has 0 aliphatic carbocycles. The molecule has 0 spiro atoms. The van der Waals surface area contributed by atoms with Gasteiger partial charge in [-0.1, -0.05) is 29.8 Å². The van der Waals surface area contributed by atoms with Crippen molar-refractivity contribution in [2.24, 2.45) is 0 Å². The Morgan fingerprint density at radius 1 is 0.914 bits per heavy atom. The summed E-state index contributed by atoms with van der Waals surface area (Å²) in [4.78, 5) is 19.4. The highest BCUT2D eigenvalue weighted by Crippen LogP contribution is 2.32. The number of halogens is 1. The zero-order valence-corrected chi connectivity index (χ0v) is 20.0. The Labute approximate surface area is 207 Å². The molecule has 6 rings (SSSR count). The third-order valence-corrected chi connectivity index (χ3v) is 6.78. The Balaban J connectivity index is 1.44. The smallest absolute Gasteiger partial charge is 0.254 e. The highest BCUT2D eigenvalue weighted by atomic mass is 35.5. The van der Waals surface area contributed by atoms with Crippen LogP contribution in [0, 0.1) is 6.92 Å². The van der Waals surface area contributed by atoms with Crippen molar-refractivity contribution in [3.05, 3.63) is 89.2 Å². The van der Waals surface area contributed by atoms with Crippen molar-refractivity contribution in [1.82, 2.24) is 19.7 Å². The normalized spacial score (nSPS) is 14.1. The molecule has 3 heterocycles. The predicted octanol–water partition coefficient (Wildman–Crippen LogP) is 5.67. The predicted molar refractivity (Wildman–Crippen MR) is 138 cm³/mol. The third kappa shape index (κ3) is 3.95. The summed E-state index contributed by atoms with van der Waals surface area (Å²) in [7, 11) is 0. The summed E-state index contributed by atoms with van der Waals surface area (Å²) in [6.45, 7) is 4.41. The molecule has 0 saturated carbocycles. The van der Waals surface area contributed by atoms with Crippen LogP contribution in [0.4, 0.5) is 0 Å². The van der Waals surface area contributed by atoms with Gasteiger partial charge in [-0.2, -0.15) is 5.10 Å². The average molecular weight is 483 g/mol. The van der Waals surface area contributed by atoms with Gasteiger partial charge in [0, 0.05) is 40.6 Å². The van der Waals surface area contributed by atoms with Crippen LogP contribution in [0.25, 0.3) is 38.6 Å². The first-order valence-electron chi connectivity index (χ1n) is 11.6. The molecule has 5 aromatic rings. The third-order valence-electron chi connectivity index (χ3n) is 6.53. The monoisotopic (exact) mass is 482 g/mol. The quantitative estimate of drug-likeness (QED) is 0.332. The van der Waals surface area contributed by atoms with E-state index < -0.39 is 0 Å². The fourth-order valence-corrected chi connectivity index (χ4v) is 4.75. The lowest BCUT2D eigenvalue weighted by Crippen LogP contribution is -2.40. The number of aryl methyl sites for hydroxylation is 1. The summed E-state index contributed by atoms with van der Waals surface area (Å²) in [6.07, 6.45) is 1.88. The minimum absolute atomic E-state index is 0.0311. The van der Waals surface area contributed by atoms with Crippen molar-refractivity contribution in [2.75, 3.05) is 26.3 Å². The maximum atomic E-state index is 12.9. The van der Waals surface area contributed by atoms with Crippen LogP contribution < -0.4 is 0 Å². The Morgan fingerprint density at radius 2 is 1.63 bits per heavy atom. The van der Waals surface area contributed by atoms with Gasteiger partial charge in [0.15, 0.2) is 0 Å². The van der Waals surface area contributed by atoms with E-state index >= 15 is 0 Å². The molecule has 35 heavy (non-hydrogen) atoms. The van der Waals surface area contributed by atoms with Gasteiger partial charge < -0.3 is 9.64 Å². The Hall–Kier alpha value is -3.74. The van der Waals surface area contributed by atoms with Gasteiger partial charge in [0.1, 0.15) is 0 Å². The standard InChI is InChI=1S/C28H23ClN4O2/c1-18-25-17-30-26-11-6-21(19-2-7-22(29)8-3-19)16-24(26)27(25)33(31-18)23-9-4-20(5-10-23)28(34)32-12-14-35-15-13-32/h2-11,16-17H,12-15H2,1H3. The number of benzene rings is 3. The fraction of sp³-hybridized carbons (Fsp3) is 0.179. The number of fused-ring (bicyclic) bond motifs is 3. The summed E-state index contributed by atoms with van der Waals surface area (Å²) in [6, 6.07) is 21.7. The van der Waals surface area contributed by atoms with Gasteiger partial charge in [0.05, 0.1) is 35.6 Å². The number of rotatable bonds is 3. The lowest BCUT2D eigenvalue weighted by atomic mass is 10.0. The van der Waals surface area contributed by atoms with Crippen molar-refractivity contribution in [3.63, 3.8) is 0 Å². The van der Waals surface area contributed by atoms with E-state index in [4.69, 9.17) is 21.4 Å². The molecule has 1 aliphatic heterocycles. The highest BCUT2D eigenvalue weighted by Gasteiger charge is 2.19. The molecule has 2 aromatic heterocycles. The van der Waals surface area contributed by atoms with Crippen LogP contribution in [-0.4, -0.2) is 51.9 Å². The zero-order valence-electron chi connectivity index (χ0n) is 19.2. The second-order valence-corrected chi connectivity index (χ2v) is 9.14. The van der Waals surface area contributed by atoms with E-state index in [1.54, 1.807) is 0 Å². The van der Waals surface area contributed by atoms with E-state index in [9.17, 15) is 4.79 Å². The highest BCUT2D eigenvalue weighted by molar-refractivity contribution is 6.30. The van der Waals surface area contributed by atoms with Crippen LogP contribution in [-0.2, 0) is 4.74 Å². The second kappa shape index (κ2) is 8.80. The van der Waals surface area contributed by atoms with Crippen molar-refractivity contribution in [3.8, 4) is 16.8 Å². The molecule has 0 unspecified atom stereocenters. The average Bonchev–Trinajstić information content (AvgIpc) is 3.26. The van der Waals surface area contributed by atoms with Crippen LogP contribution >= 0.6 is 11.6 Å². The van der Waals surface area contributed by atoms with Gasteiger partial charge in [-0.25, -0.2) is 4.68 Å². The molecule has 1 aliphatic rings. The Kier molecular flexibility index (Phi) is 5.47. The summed E-state index contributed by atoms with van der Waals surface area (Å²) in [5, 5.41) is 7.56. The maximum absolute atomic E-state index is 12.9. The first-order chi connectivity index (χ1) is 17.1. The first kappa shape index (κ1) is 21.8. The van der Waals surface area contributed by atoms with Gasteiger partial charge in [0.25, 0.3) is 5.91 Å². The van der Waals surface area contributed by atoms with Crippen molar-refractivity contribution >= 4 is 39.3 Å². The minimum atomic E-state index is 0.0311. The van der Waals surface area contributed by atoms with Crippen molar-refractivity contribution in [2.45, 2.75) is 6.92 Å². The summed E-state index contributed by atoms with van der Waals surface area (Å²) >= 11 is 6.09. The number of nitrogens with zero attached hydrogens (tertiary/aromatic N) is 4. The summed E-state index contributed by atoms with van der Waals surface area (Å²) in [5.74, 6) is 0.0311. The van der Waals surface area contributed by atoms with Gasteiger partial charge in [-0.3, -0.25) is 9.78 Å². The van der Waals surface area contributed by atoms with E-state index in [0.29, 0.717) is 36.9 Å². The van der Waals surface area contributed by atoms with Gasteiger partial charge in [0.2, 0.25) is 0 Å². The molecular weight excluding hydrogens is 460 g/mol. The van der Waals surface area contributed by atoms with Gasteiger partial charge in [-0.15, -0.1) is 0 Å². The molecule has 6 nitrogen and oxygen atoms in total. The van der Waals surface area contributed by atoms with Crippen LogP contribution in [0.15, 0.2) is 72.9 Å². The molecule has 7 heteroatoms. The molecule has 0 N–H and O–H groups in total. The number of carbonyl (C=O) groups excluding carboxylic acids is 1. The SMILES string of the molecule is Cc1nn(-c2ccc(C(=O)N3CCOCC3)cc2)c2c1cnc1ccc(-c3ccc(Cl)cc3)cc12. The number of morpholine rings is 1. The number of pyridine rings is 1. The van der Waals surface area contributed by atoms with E-state index in [0.717, 1.165) is 44.3 Å². The number of hydrogen-bond acceptors (Lipinski definition) is 4. The van der Waals surface area contributed by atoms with E-state index in [2.05, 4.69) is 17.1 Å². The van der Waals surface area contributed by atoms with Crippen molar-refractivity contribution < 1.29 is 9.53 Å². The molecule has 0 radical (unpaired) electrons. The minimum Gasteiger partial charge on any atom is -0.378 e. The molecule has 0 bridgehead atoms. The Bertz CT molecular complexity index is 1550. The van der Waals surface area contributed by atoms with Crippen LogP contribution in [0.5, 0.6) is 0 Å². The number of amides is 1. The number of aromatic nitrogens is 3. The topological polar surface area (TPSA) is 60.2 Å². The number of carbonyl (C=O) groups is 1. The molecule has 1 amide bonds. The zero-order chi connectivity index (χ0) is 23.9. The molecule has 1 fully saturated rings.